The fourth-order valence-corrected chi connectivity index (χ4v) is 3.04. The van der Waals surface area contributed by atoms with Gasteiger partial charge in [0, 0.05) is 36.2 Å². The van der Waals surface area contributed by atoms with Crippen LogP contribution < -0.4 is 5.73 Å². The summed E-state index contributed by atoms with van der Waals surface area (Å²) < 4.78 is 0. The van der Waals surface area contributed by atoms with Crippen molar-refractivity contribution < 1.29 is 0 Å². The van der Waals surface area contributed by atoms with Crippen LogP contribution in [-0.2, 0) is 0 Å². The van der Waals surface area contributed by atoms with Gasteiger partial charge >= 0.3 is 0 Å². The molecule has 0 aliphatic carbocycles. The molecule has 1 heterocycles. The van der Waals surface area contributed by atoms with E-state index in [1.165, 1.54) is 18.8 Å². The zero-order valence-corrected chi connectivity index (χ0v) is 10.6. The maximum Gasteiger partial charge on any atom is 0.0278 e. The smallest absolute Gasteiger partial charge is 0.0278 e. The molecular weight excluding hydrogens is 192 g/mol. The lowest BCUT2D eigenvalue weighted by atomic mass is 9.93. The summed E-state index contributed by atoms with van der Waals surface area (Å²) in [7, 11) is 0. The van der Waals surface area contributed by atoms with Crippen molar-refractivity contribution in [3.8, 4) is 0 Å². The first-order valence-electron chi connectivity index (χ1n) is 5.72. The minimum Gasteiger partial charge on any atom is -0.324 e. The van der Waals surface area contributed by atoms with E-state index in [9.17, 15) is 0 Å². The third-order valence-electron chi connectivity index (χ3n) is 3.27. The molecule has 1 rings (SSSR count). The first-order valence-corrected chi connectivity index (χ1v) is 6.77. The molecule has 0 radical (unpaired) electrons. The van der Waals surface area contributed by atoms with Crippen LogP contribution in [0.1, 0.15) is 33.6 Å². The van der Waals surface area contributed by atoms with Gasteiger partial charge < -0.3 is 5.73 Å². The third-order valence-corrected chi connectivity index (χ3v) is 4.41. The van der Waals surface area contributed by atoms with E-state index >= 15 is 0 Å². The predicted octanol–water partition coefficient (Wildman–Crippen LogP) is 1.94. The number of hydrogen-bond acceptors (Lipinski definition) is 3. The van der Waals surface area contributed by atoms with E-state index in [0.29, 0.717) is 0 Å². The van der Waals surface area contributed by atoms with Gasteiger partial charge in [0.25, 0.3) is 0 Å². The summed E-state index contributed by atoms with van der Waals surface area (Å²) in [6.07, 6.45) is 2.17. The van der Waals surface area contributed by atoms with Gasteiger partial charge in [0.15, 0.2) is 0 Å². The zero-order valence-electron chi connectivity index (χ0n) is 9.75. The van der Waals surface area contributed by atoms with Crippen molar-refractivity contribution in [2.24, 2.45) is 5.73 Å². The fourth-order valence-electron chi connectivity index (χ4n) is 1.95. The molecule has 3 heteroatoms. The standard InChI is InChI=1S/C11H24N2S/c1-4-11(12,5-2)9-13-6-7-14-10(3)8-13/h10H,4-9,12H2,1-3H3. The normalized spacial score (nSPS) is 25.3. The molecule has 0 amide bonds. The maximum atomic E-state index is 6.32. The Labute approximate surface area is 92.6 Å². The average molecular weight is 216 g/mol. The largest absolute Gasteiger partial charge is 0.324 e. The number of hydrogen-bond donors (Lipinski definition) is 1. The number of nitrogens with two attached hydrogens (primary N) is 1. The van der Waals surface area contributed by atoms with Crippen molar-refractivity contribution in [2.45, 2.75) is 44.4 Å². The first kappa shape index (κ1) is 12.3. The highest BCUT2D eigenvalue weighted by molar-refractivity contribution is 7.99. The SMILES string of the molecule is CCC(N)(CC)CN1CCSC(C)C1. The van der Waals surface area contributed by atoms with Crippen molar-refractivity contribution >= 4 is 11.8 Å². The predicted molar refractivity (Wildman–Crippen MR) is 65.9 cm³/mol. The first-order chi connectivity index (χ1) is 6.59. The zero-order chi connectivity index (χ0) is 10.6. The van der Waals surface area contributed by atoms with Gasteiger partial charge in [0.05, 0.1) is 0 Å². The topological polar surface area (TPSA) is 29.3 Å². The van der Waals surface area contributed by atoms with Gasteiger partial charge in [-0.2, -0.15) is 11.8 Å². The highest BCUT2D eigenvalue weighted by Gasteiger charge is 2.26. The monoisotopic (exact) mass is 216 g/mol. The van der Waals surface area contributed by atoms with E-state index in [4.69, 9.17) is 5.73 Å². The second kappa shape index (κ2) is 5.38. The van der Waals surface area contributed by atoms with E-state index in [1.54, 1.807) is 0 Å². The highest BCUT2D eigenvalue weighted by atomic mass is 32.2. The molecule has 1 saturated heterocycles. The molecule has 1 aliphatic heterocycles. The van der Waals surface area contributed by atoms with Crippen LogP contribution in [0.25, 0.3) is 0 Å². The molecule has 1 atom stereocenters. The van der Waals surface area contributed by atoms with E-state index in [1.807, 2.05) is 0 Å². The molecule has 2 N–H and O–H groups in total. The summed E-state index contributed by atoms with van der Waals surface area (Å²) in [4.78, 5) is 2.54. The van der Waals surface area contributed by atoms with Crippen molar-refractivity contribution in [3.63, 3.8) is 0 Å². The molecule has 2 nitrogen and oxygen atoms in total. The van der Waals surface area contributed by atoms with Gasteiger partial charge in [-0.1, -0.05) is 20.8 Å². The summed E-state index contributed by atoms with van der Waals surface area (Å²) in [5.41, 5.74) is 6.37. The fraction of sp³-hybridized carbons (Fsp3) is 1.00. The van der Waals surface area contributed by atoms with E-state index in [-0.39, 0.29) is 5.54 Å². The molecule has 0 saturated carbocycles. The highest BCUT2D eigenvalue weighted by Crippen LogP contribution is 2.21. The third kappa shape index (κ3) is 3.44. The minimum atomic E-state index is 0.0434. The maximum absolute atomic E-state index is 6.32. The van der Waals surface area contributed by atoms with Crippen LogP contribution in [0.2, 0.25) is 0 Å². The molecule has 0 aromatic carbocycles. The van der Waals surface area contributed by atoms with Crippen LogP contribution in [-0.4, -0.2) is 41.1 Å². The Bertz CT molecular complexity index is 169. The average Bonchev–Trinajstić information content (AvgIpc) is 2.18. The molecule has 84 valence electrons. The van der Waals surface area contributed by atoms with Crippen LogP contribution in [0.5, 0.6) is 0 Å². The molecular formula is C11H24N2S. The van der Waals surface area contributed by atoms with Crippen LogP contribution in [0.15, 0.2) is 0 Å². The van der Waals surface area contributed by atoms with Crippen molar-refractivity contribution in [2.75, 3.05) is 25.4 Å². The lowest BCUT2D eigenvalue weighted by molar-refractivity contribution is 0.206. The van der Waals surface area contributed by atoms with Gasteiger partial charge in [-0.25, -0.2) is 0 Å². The Hall–Kier alpha value is 0.270. The Morgan fingerprint density at radius 3 is 2.57 bits per heavy atom. The molecule has 0 bridgehead atoms. The van der Waals surface area contributed by atoms with E-state index in [2.05, 4.69) is 37.4 Å². The number of rotatable bonds is 4. The number of thioether (sulfide) groups is 1. The Morgan fingerprint density at radius 2 is 2.07 bits per heavy atom. The quantitative estimate of drug-likeness (QED) is 0.779. The van der Waals surface area contributed by atoms with Gasteiger partial charge in [-0.3, -0.25) is 4.90 Å². The lowest BCUT2D eigenvalue weighted by Crippen LogP contribution is -2.52. The second-order valence-corrected chi connectivity index (χ2v) is 6.03. The Kier molecular flexibility index (Phi) is 4.74. The Balaban J connectivity index is 2.41. The summed E-state index contributed by atoms with van der Waals surface area (Å²) in [6, 6.07) is 0. The second-order valence-electron chi connectivity index (χ2n) is 4.49. The van der Waals surface area contributed by atoms with Gasteiger partial charge in [0.2, 0.25) is 0 Å². The molecule has 1 aliphatic rings. The Morgan fingerprint density at radius 1 is 1.43 bits per heavy atom. The number of nitrogens with zero attached hydrogens (tertiary/aromatic N) is 1. The molecule has 1 fully saturated rings. The molecule has 0 aromatic heterocycles. The van der Waals surface area contributed by atoms with Gasteiger partial charge in [0.1, 0.15) is 0 Å². The summed E-state index contributed by atoms with van der Waals surface area (Å²) in [6.45, 7) is 10.2. The van der Waals surface area contributed by atoms with Crippen molar-refractivity contribution in [1.82, 2.24) is 4.90 Å². The molecule has 14 heavy (non-hydrogen) atoms. The van der Waals surface area contributed by atoms with Crippen molar-refractivity contribution in [1.29, 1.82) is 0 Å². The van der Waals surface area contributed by atoms with Crippen molar-refractivity contribution in [3.05, 3.63) is 0 Å². The van der Waals surface area contributed by atoms with Gasteiger partial charge in [-0.05, 0) is 12.8 Å². The van der Waals surface area contributed by atoms with Gasteiger partial charge in [-0.15, -0.1) is 0 Å². The summed E-state index contributed by atoms with van der Waals surface area (Å²) in [5, 5.41) is 0.779. The van der Waals surface area contributed by atoms with Crippen LogP contribution in [0.3, 0.4) is 0 Å². The molecule has 1 unspecified atom stereocenters. The lowest BCUT2D eigenvalue weighted by Gasteiger charge is -2.37. The summed E-state index contributed by atoms with van der Waals surface area (Å²) >= 11 is 2.08. The molecule has 0 aromatic rings. The van der Waals surface area contributed by atoms with E-state index < -0.39 is 0 Å². The van der Waals surface area contributed by atoms with Crippen LogP contribution in [0.4, 0.5) is 0 Å². The van der Waals surface area contributed by atoms with Crippen LogP contribution in [0, 0.1) is 0 Å². The van der Waals surface area contributed by atoms with Crippen LogP contribution >= 0.6 is 11.8 Å². The summed E-state index contributed by atoms with van der Waals surface area (Å²) in [5.74, 6) is 1.27. The molecule has 0 spiro atoms. The minimum absolute atomic E-state index is 0.0434. The van der Waals surface area contributed by atoms with E-state index in [0.717, 1.165) is 24.6 Å².